The van der Waals surface area contributed by atoms with Gasteiger partial charge in [0.25, 0.3) is 0 Å². The van der Waals surface area contributed by atoms with Gasteiger partial charge in [-0.05, 0) is 35.7 Å². The molecule has 0 fully saturated rings. The summed E-state index contributed by atoms with van der Waals surface area (Å²) in [6, 6.07) is 15.5. The third kappa shape index (κ3) is 4.25. The zero-order valence-electron chi connectivity index (χ0n) is 13.2. The topological polar surface area (TPSA) is 50.4 Å². The van der Waals surface area contributed by atoms with Crippen molar-refractivity contribution in [3.8, 4) is 5.75 Å². The first-order valence-corrected chi connectivity index (χ1v) is 7.37. The summed E-state index contributed by atoms with van der Waals surface area (Å²) in [7, 11) is 1.58. The fourth-order valence-corrected chi connectivity index (χ4v) is 2.11. The van der Waals surface area contributed by atoms with Gasteiger partial charge in [0.2, 0.25) is 5.91 Å². The molecule has 2 aromatic rings. The Morgan fingerprint density at radius 1 is 1.09 bits per heavy atom. The van der Waals surface area contributed by atoms with Gasteiger partial charge in [0.1, 0.15) is 5.75 Å². The number of methoxy groups -OCH3 is 1. The molecule has 1 amide bonds. The van der Waals surface area contributed by atoms with E-state index in [2.05, 4.69) is 36.6 Å². The van der Waals surface area contributed by atoms with Crippen LogP contribution in [0.25, 0.3) is 0 Å². The summed E-state index contributed by atoms with van der Waals surface area (Å²) in [4.78, 5) is 12.0. The van der Waals surface area contributed by atoms with Crippen molar-refractivity contribution in [2.24, 2.45) is 0 Å². The fourth-order valence-electron chi connectivity index (χ4n) is 2.11. The highest BCUT2D eigenvalue weighted by molar-refractivity contribution is 5.95. The Labute approximate surface area is 131 Å². The van der Waals surface area contributed by atoms with Gasteiger partial charge < -0.3 is 15.4 Å². The Kier molecular flexibility index (Phi) is 5.42. The van der Waals surface area contributed by atoms with E-state index in [0.717, 1.165) is 5.69 Å². The number of benzene rings is 2. The van der Waals surface area contributed by atoms with Gasteiger partial charge in [-0.15, -0.1) is 0 Å². The van der Waals surface area contributed by atoms with Crippen LogP contribution in [-0.2, 0) is 4.79 Å². The second kappa shape index (κ2) is 7.50. The normalized spacial score (nSPS) is 10.4. The number of nitrogens with one attached hydrogen (secondary N) is 2. The lowest BCUT2D eigenvalue weighted by molar-refractivity contribution is -0.114. The number of hydrogen-bond acceptors (Lipinski definition) is 3. The Morgan fingerprint density at radius 3 is 2.41 bits per heavy atom. The van der Waals surface area contributed by atoms with Crippen LogP contribution in [0.2, 0.25) is 0 Å². The van der Waals surface area contributed by atoms with E-state index < -0.39 is 0 Å². The highest BCUT2D eigenvalue weighted by Gasteiger charge is 2.06. The molecule has 2 N–H and O–H groups in total. The average Bonchev–Trinajstić information content (AvgIpc) is 2.54. The molecule has 116 valence electrons. The summed E-state index contributed by atoms with van der Waals surface area (Å²) >= 11 is 0. The summed E-state index contributed by atoms with van der Waals surface area (Å²) in [6.45, 7) is 4.52. The van der Waals surface area contributed by atoms with E-state index in [9.17, 15) is 4.79 Å². The predicted molar refractivity (Wildman–Crippen MR) is 90.6 cm³/mol. The Balaban J connectivity index is 1.90. The maximum atomic E-state index is 12.0. The highest BCUT2D eigenvalue weighted by Crippen LogP contribution is 2.23. The van der Waals surface area contributed by atoms with Crippen molar-refractivity contribution in [1.82, 2.24) is 0 Å². The van der Waals surface area contributed by atoms with E-state index in [1.807, 2.05) is 36.4 Å². The van der Waals surface area contributed by atoms with Gasteiger partial charge in [0.15, 0.2) is 0 Å². The SMILES string of the molecule is COc1ccccc1NC(=O)CNc1ccc(C(C)C)cc1. The van der Waals surface area contributed by atoms with E-state index in [4.69, 9.17) is 4.74 Å². The van der Waals surface area contributed by atoms with Crippen molar-refractivity contribution < 1.29 is 9.53 Å². The number of carbonyl (C=O) groups excluding carboxylic acids is 1. The smallest absolute Gasteiger partial charge is 0.243 e. The van der Waals surface area contributed by atoms with Gasteiger partial charge in [-0.3, -0.25) is 4.79 Å². The summed E-state index contributed by atoms with van der Waals surface area (Å²) in [5, 5.41) is 5.95. The van der Waals surface area contributed by atoms with Crippen LogP contribution in [0.15, 0.2) is 48.5 Å². The van der Waals surface area contributed by atoms with E-state index in [-0.39, 0.29) is 12.5 Å². The number of para-hydroxylation sites is 2. The van der Waals surface area contributed by atoms with Gasteiger partial charge in [-0.25, -0.2) is 0 Å². The molecule has 0 atom stereocenters. The van der Waals surface area contributed by atoms with E-state index in [0.29, 0.717) is 17.4 Å². The second-order valence-electron chi connectivity index (χ2n) is 5.38. The zero-order valence-corrected chi connectivity index (χ0v) is 13.2. The van der Waals surface area contributed by atoms with Gasteiger partial charge in [-0.1, -0.05) is 38.1 Å². The lowest BCUT2D eigenvalue weighted by Gasteiger charge is -2.11. The predicted octanol–water partition coefficient (Wildman–Crippen LogP) is 3.87. The van der Waals surface area contributed by atoms with Crippen LogP contribution in [0.1, 0.15) is 25.3 Å². The lowest BCUT2D eigenvalue weighted by Crippen LogP contribution is -2.22. The number of ether oxygens (including phenoxy) is 1. The van der Waals surface area contributed by atoms with Crippen LogP contribution in [0.5, 0.6) is 5.75 Å². The molecular weight excluding hydrogens is 276 g/mol. The van der Waals surface area contributed by atoms with Crippen LogP contribution in [0.4, 0.5) is 11.4 Å². The molecule has 0 aliphatic heterocycles. The van der Waals surface area contributed by atoms with Gasteiger partial charge in [0.05, 0.1) is 19.3 Å². The first kappa shape index (κ1) is 15.9. The largest absolute Gasteiger partial charge is 0.495 e. The lowest BCUT2D eigenvalue weighted by atomic mass is 10.0. The Morgan fingerprint density at radius 2 is 1.77 bits per heavy atom. The van der Waals surface area contributed by atoms with Crippen molar-refractivity contribution in [3.63, 3.8) is 0 Å². The van der Waals surface area contributed by atoms with Crippen molar-refractivity contribution in [2.45, 2.75) is 19.8 Å². The molecule has 0 saturated carbocycles. The molecule has 0 aromatic heterocycles. The van der Waals surface area contributed by atoms with Crippen molar-refractivity contribution in [3.05, 3.63) is 54.1 Å². The molecule has 2 rings (SSSR count). The van der Waals surface area contributed by atoms with Gasteiger partial charge in [-0.2, -0.15) is 0 Å². The van der Waals surface area contributed by atoms with Gasteiger partial charge >= 0.3 is 0 Å². The average molecular weight is 298 g/mol. The number of amides is 1. The first-order valence-electron chi connectivity index (χ1n) is 7.37. The molecule has 0 unspecified atom stereocenters. The summed E-state index contributed by atoms with van der Waals surface area (Å²) in [6.07, 6.45) is 0. The van der Waals surface area contributed by atoms with Crippen LogP contribution in [0.3, 0.4) is 0 Å². The zero-order chi connectivity index (χ0) is 15.9. The Bertz CT molecular complexity index is 621. The molecule has 0 saturated heterocycles. The minimum absolute atomic E-state index is 0.113. The minimum Gasteiger partial charge on any atom is -0.495 e. The van der Waals surface area contributed by atoms with E-state index in [1.54, 1.807) is 7.11 Å². The number of anilines is 2. The maximum absolute atomic E-state index is 12.0. The molecule has 0 spiro atoms. The molecule has 0 bridgehead atoms. The molecule has 0 heterocycles. The molecular formula is C18H22N2O2. The monoisotopic (exact) mass is 298 g/mol. The summed E-state index contributed by atoms with van der Waals surface area (Å²) in [5.74, 6) is 1.04. The molecule has 2 aromatic carbocycles. The van der Waals surface area contributed by atoms with Crippen molar-refractivity contribution in [2.75, 3.05) is 24.3 Å². The molecule has 22 heavy (non-hydrogen) atoms. The van der Waals surface area contributed by atoms with Crippen LogP contribution < -0.4 is 15.4 Å². The van der Waals surface area contributed by atoms with Crippen molar-refractivity contribution in [1.29, 1.82) is 0 Å². The van der Waals surface area contributed by atoms with E-state index in [1.165, 1.54) is 5.56 Å². The highest BCUT2D eigenvalue weighted by atomic mass is 16.5. The quantitative estimate of drug-likeness (QED) is 0.851. The second-order valence-corrected chi connectivity index (χ2v) is 5.38. The standard InChI is InChI=1S/C18H22N2O2/c1-13(2)14-8-10-15(11-9-14)19-12-18(21)20-16-6-4-5-7-17(16)22-3/h4-11,13,19H,12H2,1-3H3,(H,20,21). The third-order valence-electron chi connectivity index (χ3n) is 3.41. The maximum Gasteiger partial charge on any atom is 0.243 e. The van der Waals surface area contributed by atoms with E-state index >= 15 is 0 Å². The van der Waals surface area contributed by atoms with Crippen LogP contribution in [0, 0.1) is 0 Å². The third-order valence-corrected chi connectivity index (χ3v) is 3.41. The van der Waals surface area contributed by atoms with Crippen LogP contribution >= 0.6 is 0 Å². The Hall–Kier alpha value is -2.49. The molecule has 4 heteroatoms. The molecule has 4 nitrogen and oxygen atoms in total. The summed E-state index contributed by atoms with van der Waals surface area (Å²) in [5.41, 5.74) is 2.88. The molecule has 0 radical (unpaired) electrons. The number of carbonyl (C=O) groups is 1. The fraction of sp³-hybridized carbons (Fsp3) is 0.278. The number of hydrogen-bond donors (Lipinski definition) is 2. The minimum atomic E-state index is -0.113. The van der Waals surface area contributed by atoms with Crippen molar-refractivity contribution >= 4 is 17.3 Å². The first-order chi connectivity index (χ1) is 10.6. The van der Waals surface area contributed by atoms with Gasteiger partial charge in [0, 0.05) is 5.69 Å². The van der Waals surface area contributed by atoms with Crippen LogP contribution in [-0.4, -0.2) is 19.6 Å². The molecule has 0 aliphatic rings. The molecule has 0 aliphatic carbocycles. The number of rotatable bonds is 6. The summed E-state index contributed by atoms with van der Waals surface area (Å²) < 4.78 is 5.21.